The Kier molecular flexibility index (Phi) is 4.47. The van der Waals surface area contributed by atoms with E-state index < -0.39 is 0 Å². The number of nitrogens with one attached hydrogen (secondary N) is 1. The molecule has 1 saturated carbocycles. The van der Waals surface area contributed by atoms with Gasteiger partial charge in [0.2, 0.25) is 0 Å². The largest absolute Gasteiger partial charge is 0.493 e. The number of allylic oxidation sites excluding steroid dienone is 1. The number of rotatable bonds is 7. The quantitative estimate of drug-likeness (QED) is 0.494. The highest BCUT2D eigenvalue weighted by molar-refractivity contribution is 5.28. The molecular formula is C12H19NO. The summed E-state index contributed by atoms with van der Waals surface area (Å²) in [6.45, 7) is 9.11. The van der Waals surface area contributed by atoms with Crippen LogP contribution in [0.4, 0.5) is 0 Å². The third kappa shape index (κ3) is 3.38. The number of hydrogen-bond acceptors (Lipinski definition) is 2. The Morgan fingerprint density at radius 2 is 2.14 bits per heavy atom. The van der Waals surface area contributed by atoms with Crippen molar-refractivity contribution in [3.63, 3.8) is 0 Å². The van der Waals surface area contributed by atoms with Gasteiger partial charge in [-0.1, -0.05) is 19.2 Å². The van der Waals surface area contributed by atoms with Gasteiger partial charge in [0.25, 0.3) is 0 Å². The van der Waals surface area contributed by atoms with Crippen LogP contribution in [0.3, 0.4) is 0 Å². The first-order valence-corrected chi connectivity index (χ1v) is 5.07. The van der Waals surface area contributed by atoms with E-state index in [4.69, 9.17) is 4.74 Å². The van der Waals surface area contributed by atoms with Gasteiger partial charge in [0.15, 0.2) is 0 Å². The van der Waals surface area contributed by atoms with Crippen molar-refractivity contribution in [3.8, 4) is 0 Å². The van der Waals surface area contributed by atoms with E-state index in [1.807, 2.05) is 13.1 Å². The van der Waals surface area contributed by atoms with Gasteiger partial charge in [0.1, 0.15) is 5.76 Å². The first-order chi connectivity index (χ1) is 6.81. The average molecular weight is 193 g/mol. The van der Waals surface area contributed by atoms with E-state index in [0.29, 0.717) is 0 Å². The molecule has 0 aromatic carbocycles. The predicted octanol–water partition coefficient (Wildman–Crippen LogP) is 2.26. The van der Waals surface area contributed by atoms with Gasteiger partial charge in [-0.25, -0.2) is 0 Å². The lowest BCUT2D eigenvalue weighted by atomic mass is 10.2. The summed E-state index contributed by atoms with van der Waals surface area (Å²) in [7, 11) is 1.91. The predicted molar refractivity (Wildman–Crippen MR) is 60.0 cm³/mol. The smallest absolute Gasteiger partial charge is 0.123 e. The number of ether oxygens (including phenoxy) is 1. The van der Waals surface area contributed by atoms with Crippen molar-refractivity contribution in [1.29, 1.82) is 0 Å². The van der Waals surface area contributed by atoms with Crippen LogP contribution in [0.2, 0.25) is 0 Å². The number of likely N-dealkylation sites (N-methyl/N-ethyl adjacent to an activating group) is 1. The molecule has 0 unspecified atom stereocenters. The Morgan fingerprint density at radius 3 is 2.57 bits per heavy atom. The van der Waals surface area contributed by atoms with E-state index in [9.17, 15) is 0 Å². The number of hydrogen-bond donors (Lipinski definition) is 1. The van der Waals surface area contributed by atoms with Crippen LogP contribution in [-0.4, -0.2) is 20.2 Å². The van der Waals surface area contributed by atoms with E-state index in [1.165, 1.54) is 12.8 Å². The molecule has 78 valence electrons. The molecule has 1 aliphatic carbocycles. The van der Waals surface area contributed by atoms with Crippen LogP contribution in [0.1, 0.15) is 12.8 Å². The summed E-state index contributed by atoms with van der Waals surface area (Å²) < 4.78 is 5.67. The van der Waals surface area contributed by atoms with E-state index in [0.717, 1.165) is 30.4 Å². The van der Waals surface area contributed by atoms with Gasteiger partial charge in [-0.05, 0) is 31.9 Å². The summed E-state index contributed by atoms with van der Waals surface area (Å²) in [5, 5.41) is 3.08. The van der Waals surface area contributed by atoms with Gasteiger partial charge in [-0.15, -0.1) is 0 Å². The average Bonchev–Trinajstić information content (AvgIpc) is 3.00. The normalized spacial score (nSPS) is 17.2. The molecule has 0 atom stereocenters. The van der Waals surface area contributed by atoms with E-state index >= 15 is 0 Å². The van der Waals surface area contributed by atoms with E-state index in [2.05, 4.69) is 18.5 Å². The van der Waals surface area contributed by atoms with Crippen molar-refractivity contribution in [2.45, 2.75) is 12.8 Å². The third-order valence-corrected chi connectivity index (χ3v) is 2.29. The molecule has 0 spiro atoms. The highest BCUT2D eigenvalue weighted by Gasteiger charge is 2.22. The van der Waals surface area contributed by atoms with Gasteiger partial charge >= 0.3 is 0 Å². The summed E-state index contributed by atoms with van der Waals surface area (Å²) in [5.74, 6) is 1.63. The van der Waals surface area contributed by atoms with Gasteiger partial charge in [-0.3, -0.25) is 0 Å². The topological polar surface area (TPSA) is 21.3 Å². The summed E-state index contributed by atoms with van der Waals surface area (Å²) >= 11 is 0. The molecule has 2 nitrogen and oxygen atoms in total. The van der Waals surface area contributed by atoms with Crippen LogP contribution in [0.5, 0.6) is 0 Å². The first kappa shape index (κ1) is 11.1. The lowest BCUT2D eigenvalue weighted by molar-refractivity contribution is 0.208. The van der Waals surface area contributed by atoms with Crippen molar-refractivity contribution in [2.75, 3.05) is 20.2 Å². The minimum Gasteiger partial charge on any atom is -0.493 e. The molecular weight excluding hydrogens is 174 g/mol. The highest BCUT2D eigenvalue weighted by atomic mass is 16.5. The Morgan fingerprint density at radius 1 is 1.43 bits per heavy atom. The van der Waals surface area contributed by atoms with Crippen molar-refractivity contribution in [3.05, 3.63) is 36.6 Å². The van der Waals surface area contributed by atoms with Crippen LogP contribution >= 0.6 is 0 Å². The van der Waals surface area contributed by atoms with Crippen molar-refractivity contribution < 1.29 is 4.74 Å². The van der Waals surface area contributed by atoms with Crippen molar-refractivity contribution in [1.82, 2.24) is 5.32 Å². The van der Waals surface area contributed by atoms with E-state index in [-0.39, 0.29) is 0 Å². The standard InChI is InChI=1S/C12H19NO/c1-4-11(8-13-3)12(5-2)14-9-10-6-7-10/h4-5,10,13H,1-2,6-9H2,3H3/b12-11-. The van der Waals surface area contributed by atoms with Gasteiger partial charge in [0.05, 0.1) is 6.61 Å². The molecule has 1 rings (SSSR count). The summed E-state index contributed by atoms with van der Waals surface area (Å²) in [6, 6.07) is 0. The maximum atomic E-state index is 5.67. The third-order valence-electron chi connectivity index (χ3n) is 2.29. The Balaban J connectivity index is 2.52. The van der Waals surface area contributed by atoms with Gasteiger partial charge in [-0.2, -0.15) is 0 Å². The molecule has 1 aliphatic rings. The Labute approximate surface area is 86.3 Å². The maximum absolute atomic E-state index is 5.67. The maximum Gasteiger partial charge on any atom is 0.123 e. The zero-order chi connectivity index (χ0) is 10.4. The van der Waals surface area contributed by atoms with Gasteiger partial charge < -0.3 is 10.1 Å². The molecule has 0 aliphatic heterocycles. The zero-order valence-corrected chi connectivity index (χ0v) is 8.88. The molecule has 14 heavy (non-hydrogen) atoms. The second-order valence-electron chi connectivity index (χ2n) is 3.58. The molecule has 0 radical (unpaired) electrons. The minimum absolute atomic E-state index is 0.769. The molecule has 0 amide bonds. The van der Waals surface area contributed by atoms with Crippen molar-refractivity contribution in [2.24, 2.45) is 5.92 Å². The fourth-order valence-electron chi connectivity index (χ4n) is 1.23. The summed E-state index contributed by atoms with van der Waals surface area (Å²) in [6.07, 6.45) is 6.19. The van der Waals surface area contributed by atoms with Crippen molar-refractivity contribution >= 4 is 0 Å². The highest BCUT2D eigenvalue weighted by Crippen LogP contribution is 2.29. The molecule has 0 aromatic rings. The summed E-state index contributed by atoms with van der Waals surface area (Å²) in [4.78, 5) is 0. The fourth-order valence-corrected chi connectivity index (χ4v) is 1.23. The lowest BCUT2D eigenvalue weighted by Gasteiger charge is -2.10. The molecule has 0 saturated heterocycles. The SMILES string of the molecule is C=C/C(CNC)=C(\C=C)OCC1CC1. The molecule has 1 fully saturated rings. The molecule has 0 aromatic heterocycles. The van der Waals surface area contributed by atoms with Crippen LogP contribution in [0.25, 0.3) is 0 Å². The minimum atomic E-state index is 0.769. The zero-order valence-electron chi connectivity index (χ0n) is 8.88. The fraction of sp³-hybridized carbons (Fsp3) is 0.500. The Hall–Kier alpha value is -1.02. The monoisotopic (exact) mass is 193 g/mol. The van der Waals surface area contributed by atoms with Crippen LogP contribution in [0, 0.1) is 5.92 Å². The molecule has 0 heterocycles. The molecule has 0 bridgehead atoms. The van der Waals surface area contributed by atoms with Gasteiger partial charge in [0, 0.05) is 12.1 Å². The second-order valence-corrected chi connectivity index (χ2v) is 3.58. The van der Waals surface area contributed by atoms with E-state index in [1.54, 1.807) is 6.08 Å². The van der Waals surface area contributed by atoms with Crippen LogP contribution in [-0.2, 0) is 4.74 Å². The summed E-state index contributed by atoms with van der Waals surface area (Å²) in [5.41, 5.74) is 1.07. The Bertz CT molecular complexity index is 239. The van der Waals surface area contributed by atoms with Crippen LogP contribution in [0.15, 0.2) is 36.6 Å². The lowest BCUT2D eigenvalue weighted by Crippen LogP contribution is -2.12. The first-order valence-electron chi connectivity index (χ1n) is 5.07. The van der Waals surface area contributed by atoms with Crippen LogP contribution < -0.4 is 5.32 Å². The molecule has 1 N–H and O–H groups in total. The second kappa shape index (κ2) is 5.66. The molecule has 2 heteroatoms.